The molecule has 0 aromatic rings. The Hall–Kier alpha value is -1.94. The van der Waals surface area contributed by atoms with Gasteiger partial charge in [-0.15, -0.1) is 0 Å². The molecule has 0 heterocycles. The van der Waals surface area contributed by atoms with Gasteiger partial charge in [0.1, 0.15) is 19.3 Å². The Morgan fingerprint density at radius 3 is 0.745 bits per heavy atom. The first-order valence-corrected chi connectivity index (χ1v) is 46.0. The monoisotopic (exact) mass is 1490 g/mol. The van der Waals surface area contributed by atoms with Gasteiger partial charge in [0.25, 0.3) is 0 Å². The van der Waals surface area contributed by atoms with Crippen LogP contribution in [0.1, 0.15) is 440 Å². The van der Waals surface area contributed by atoms with Crippen LogP contribution in [0.3, 0.4) is 0 Å². The van der Waals surface area contributed by atoms with Crippen LogP contribution < -0.4 is 0 Å². The summed E-state index contributed by atoms with van der Waals surface area (Å²) in [7, 11) is -9.92. The molecule has 0 fully saturated rings. The number of rotatable bonds is 82. The lowest BCUT2D eigenvalue weighted by molar-refractivity contribution is -0.161. The topological polar surface area (TPSA) is 237 Å². The van der Waals surface area contributed by atoms with Gasteiger partial charge in [-0.3, -0.25) is 37.3 Å². The van der Waals surface area contributed by atoms with E-state index in [0.29, 0.717) is 25.7 Å². The SMILES string of the molecule is CCCCCCCCCCCCCCCCCC(=O)O[C@H](COC(=O)CCCCCCCCCCCCCCC)COP(=O)(O)OC[C@H](O)COP(=O)(O)OC[C@@H](COC(=O)CCCCCCCCCCCCCCCC(C)C)OC(=O)CCCCCCCCCCCCCCCCC(C)CC. The van der Waals surface area contributed by atoms with Gasteiger partial charge in [0.15, 0.2) is 12.2 Å². The molecule has 0 aliphatic heterocycles. The van der Waals surface area contributed by atoms with Crippen LogP contribution in [-0.4, -0.2) is 96.7 Å². The molecule has 0 saturated carbocycles. The lowest BCUT2D eigenvalue weighted by atomic mass is 9.99. The number of carbonyl (C=O) groups is 4. The molecule has 3 unspecified atom stereocenters. The predicted octanol–water partition coefficient (Wildman–Crippen LogP) is 25.1. The van der Waals surface area contributed by atoms with Crippen LogP contribution in [0.2, 0.25) is 0 Å². The van der Waals surface area contributed by atoms with E-state index in [9.17, 15) is 43.2 Å². The molecule has 0 aromatic heterocycles. The molecule has 0 bridgehead atoms. The van der Waals surface area contributed by atoms with Gasteiger partial charge in [0, 0.05) is 25.7 Å². The highest BCUT2D eigenvalue weighted by atomic mass is 31.2. The minimum absolute atomic E-state index is 0.108. The standard InChI is InChI=1S/C83H162O17P2/c1-7-10-12-14-16-18-20-22-23-30-37-43-49-55-61-67-82(87)99-78(71-93-80(85)65-59-53-47-41-35-27-21-19-17-15-13-11-8-2)73-97-101(89,90)95-69-77(84)70-96-102(91,92)98-74-79(72-94-81(86)66-60-54-48-42-36-32-26-28-33-39-45-51-57-63-75(4)5)100-83(88)68-62-56-50-44-38-31-25-24-29-34-40-46-52-58-64-76(6)9-3/h75-79,84H,7-74H2,1-6H3,(H,89,90)(H,91,92)/t76?,77-,78+,79+/m0/s1. The van der Waals surface area contributed by atoms with Crippen LogP contribution in [0.15, 0.2) is 0 Å². The third-order valence-corrected chi connectivity index (χ3v) is 21.7. The number of hydrogen-bond acceptors (Lipinski definition) is 15. The van der Waals surface area contributed by atoms with E-state index < -0.39 is 97.5 Å². The summed E-state index contributed by atoms with van der Waals surface area (Å²) in [6.45, 7) is 9.73. The quantitative estimate of drug-likeness (QED) is 0.0222. The van der Waals surface area contributed by atoms with Crippen LogP contribution in [0, 0.1) is 11.8 Å². The van der Waals surface area contributed by atoms with Crippen LogP contribution in [0.4, 0.5) is 0 Å². The highest BCUT2D eigenvalue weighted by Crippen LogP contribution is 2.45. The summed E-state index contributed by atoms with van der Waals surface area (Å²) in [5.41, 5.74) is 0. The zero-order valence-electron chi connectivity index (χ0n) is 66.9. The summed E-state index contributed by atoms with van der Waals surface area (Å²) in [6.07, 6.45) is 64.9. The average molecular weight is 1490 g/mol. The number of hydrogen-bond donors (Lipinski definition) is 3. The maximum absolute atomic E-state index is 13.1. The molecular formula is C83H162O17P2. The fourth-order valence-electron chi connectivity index (χ4n) is 12.9. The molecule has 17 nitrogen and oxygen atoms in total. The minimum atomic E-state index is -4.96. The number of unbranched alkanes of at least 4 members (excludes halogenated alkanes) is 51. The van der Waals surface area contributed by atoms with Gasteiger partial charge in [-0.1, -0.05) is 388 Å². The van der Waals surface area contributed by atoms with E-state index >= 15 is 0 Å². The second kappa shape index (κ2) is 74.5. The van der Waals surface area contributed by atoms with E-state index in [-0.39, 0.29) is 25.7 Å². The van der Waals surface area contributed by atoms with Crippen molar-refractivity contribution in [3.05, 3.63) is 0 Å². The lowest BCUT2D eigenvalue weighted by Crippen LogP contribution is -2.30. The lowest BCUT2D eigenvalue weighted by Gasteiger charge is -2.21. The summed E-state index contributed by atoms with van der Waals surface area (Å²) in [4.78, 5) is 73.2. The molecule has 0 spiro atoms. The zero-order valence-corrected chi connectivity index (χ0v) is 68.7. The Balaban J connectivity index is 5.27. The van der Waals surface area contributed by atoms with Gasteiger partial charge >= 0.3 is 39.5 Å². The number of carbonyl (C=O) groups excluding carboxylic acids is 4. The molecule has 606 valence electrons. The van der Waals surface area contributed by atoms with Crippen molar-refractivity contribution >= 4 is 39.5 Å². The summed E-state index contributed by atoms with van der Waals surface area (Å²) >= 11 is 0. The maximum atomic E-state index is 13.1. The number of phosphoric ester groups is 2. The first kappa shape index (κ1) is 100. The molecular weight excluding hydrogens is 1330 g/mol. The van der Waals surface area contributed by atoms with E-state index in [1.807, 2.05) is 0 Å². The Labute approximate surface area is 626 Å². The largest absolute Gasteiger partial charge is 0.472 e. The number of aliphatic hydroxyl groups is 1. The van der Waals surface area contributed by atoms with Crippen LogP contribution in [-0.2, 0) is 65.4 Å². The fourth-order valence-corrected chi connectivity index (χ4v) is 14.4. The Kier molecular flexibility index (Phi) is 73.1. The Morgan fingerprint density at radius 1 is 0.284 bits per heavy atom. The van der Waals surface area contributed by atoms with Crippen molar-refractivity contribution in [2.24, 2.45) is 11.8 Å². The van der Waals surface area contributed by atoms with E-state index in [4.69, 9.17) is 37.0 Å². The van der Waals surface area contributed by atoms with Crippen molar-refractivity contribution in [1.29, 1.82) is 0 Å². The highest BCUT2D eigenvalue weighted by Gasteiger charge is 2.30. The smallest absolute Gasteiger partial charge is 0.462 e. The van der Waals surface area contributed by atoms with E-state index in [1.165, 1.54) is 257 Å². The third kappa shape index (κ3) is 74.9. The highest BCUT2D eigenvalue weighted by molar-refractivity contribution is 7.47. The zero-order chi connectivity index (χ0) is 74.9. The minimum Gasteiger partial charge on any atom is -0.462 e. The van der Waals surface area contributed by atoms with Gasteiger partial charge < -0.3 is 33.8 Å². The molecule has 0 rings (SSSR count). The second-order valence-electron chi connectivity index (χ2n) is 30.6. The van der Waals surface area contributed by atoms with Crippen molar-refractivity contribution in [1.82, 2.24) is 0 Å². The maximum Gasteiger partial charge on any atom is 0.472 e. The van der Waals surface area contributed by atoms with Gasteiger partial charge in [0.2, 0.25) is 0 Å². The van der Waals surface area contributed by atoms with Crippen molar-refractivity contribution in [3.63, 3.8) is 0 Å². The van der Waals surface area contributed by atoms with Gasteiger partial charge in [0.05, 0.1) is 26.4 Å². The fraction of sp³-hybridized carbons (Fsp3) is 0.952. The van der Waals surface area contributed by atoms with Crippen LogP contribution in [0.5, 0.6) is 0 Å². The average Bonchev–Trinajstić information content (AvgIpc) is 0.925. The summed E-state index contributed by atoms with van der Waals surface area (Å²) < 4.78 is 68.8. The number of ether oxygens (including phenoxy) is 4. The summed E-state index contributed by atoms with van der Waals surface area (Å²) in [5.74, 6) is -0.465. The molecule has 19 heteroatoms. The second-order valence-corrected chi connectivity index (χ2v) is 33.5. The van der Waals surface area contributed by atoms with Crippen molar-refractivity contribution < 1.29 is 80.2 Å². The third-order valence-electron chi connectivity index (χ3n) is 19.8. The molecule has 102 heavy (non-hydrogen) atoms. The normalized spacial score (nSPS) is 14.1. The first-order chi connectivity index (χ1) is 49.4. The Bertz CT molecular complexity index is 1960. The molecule has 0 aliphatic rings. The van der Waals surface area contributed by atoms with Crippen LogP contribution in [0.25, 0.3) is 0 Å². The molecule has 6 atom stereocenters. The number of esters is 4. The van der Waals surface area contributed by atoms with Gasteiger partial charge in [-0.05, 0) is 37.5 Å². The summed E-state index contributed by atoms with van der Waals surface area (Å²) in [5, 5.41) is 10.7. The van der Waals surface area contributed by atoms with Crippen molar-refractivity contribution in [2.75, 3.05) is 39.6 Å². The first-order valence-electron chi connectivity index (χ1n) is 43.0. The number of phosphoric acid groups is 2. The van der Waals surface area contributed by atoms with Gasteiger partial charge in [-0.2, -0.15) is 0 Å². The molecule has 0 radical (unpaired) electrons. The Morgan fingerprint density at radius 2 is 0.500 bits per heavy atom. The van der Waals surface area contributed by atoms with E-state index in [2.05, 4.69) is 41.5 Å². The molecule has 3 N–H and O–H groups in total. The molecule has 0 aromatic carbocycles. The van der Waals surface area contributed by atoms with Crippen molar-refractivity contribution in [2.45, 2.75) is 458 Å². The van der Waals surface area contributed by atoms with Crippen LogP contribution >= 0.6 is 15.6 Å². The molecule has 0 aliphatic carbocycles. The number of aliphatic hydroxyl groups excluding tert-OH is 1. The van der Waals surface area contributed by atoms with E-state index in [1.54, 1.807) is 0 Å². The predicted molar refractivity (Wildman–Crippen MR) is 418 cm³/mol. The van der Waals surface area contributed by atoms with E-state index in [0.717, 1.165) is 102 Å². The van der Waals surface area contributed by atoms with Crippen molar-refractivity contribution in [3.8, 4) is 0 Å². The molecule has 0 saturated heterocycles. The van der Waals surface area contributed by atoms with Gasteiger partial charge in [-0.25, -0.2) is 9.13 Å². The summed E-state index contributed by atoms with van der Waals surface area (Å²) in [6, 6.07) is 0. The molecule has 0 amide bonds.